The molecule has 6 rings (SSSR count). The van der Waals surface area contributed by atoms with Gasteiger partial charge in [0, 0.05) is 18.3 Å². The second-order valence-corrected chi connectivity index (χ2v) is 10.6. The molecule has 1 saturated carbocycles. The van der Waals surface area contributed by atoms with E-state index >= 15 is 0 Å². The lowest BCUT2D eigenvalue weighted by atomic mass is 9.94. The minimum atomic E-state index is -0.987. The quantitative estimate of drug-likeness (QED) is 0.265. The van der Waals surface area contributed by atoms with E-state index in [1.165, 1.54) is 12.1 Å². The van der Waals surface area contributed by atoms with Gasteiger partial charge in [-0.15, -0.1) is 0 Å². The van der Waals surface area contributed by atoms with E-state index in [-0.39, 0.29) is 31.2 Å². The fraction of sp³-hybridized carbons (Fsp3) is 0.273. The van der Waals surface area contributed by atoms with Crippen molar-refractivity contribution in [3.05, 3.63) is 108 Å². The van der Waals surface area contributed by atoms with Crippen molar-refractivity contribution in [3.8, 4) is 22.8 Å². The Hall–Kier alpha value is -4.59. The van der Waals surface area contributed by atoms with Gasteiger partial charge in [-0.25, -0.2) is 4.39 Å². The van der Waals surface area contributed by atoms with Gasteiger partial charge < -0.3 is 24.7 Å². The smallest absolute Gasteiger partial charge is 0.271 e. The van der Waals surface area contributed by atoms with Crippen LogP contribution < -0.4 is 14.8 Å². The topological polar surface area (TPSA) is 83.7 Å². The lowest BCUT2D eigenvalue weighted by Crippen LogP contribution is -2.47. The van der Waals surface area contributed by atoms with Crippen LogP contribution in [0.1, 0.15) is 59.8 Å². The van der Waals surface area contributed by atoms with Gasteiger partial charge in [0.1, 0.15) is 17.6 Å². The number of benzene rings is 3. The number of carbonyl (C=O) groups is 2. The first-order chi connectivity index (χ1) is 20.0. The van der Waals surface area contributed by atoms with E-state index in [9.17, 15) is 14.0 Å². The molecule has 2 aliphatic rings. The molecule has 8 heteroatoms. The number of fused-ring (bicyclic) bond motifs is 1. The highest BCUT2D eigenvalue weighted by Gasteiger charge is 2.34. The van der Waals surface area contributed by atoms with Crippen LogP contribution in [0.3, 0.4) is 0 Å². The molecule has 2 amide bonds. The first-order valence-corrected chi connectivity index (χ1v) is 14.0. The van der Waals surface area contributed by atoms with Gasteiger partial charge in [-0.05, 0) is 65.9 Å². The molecule has 3 aromatic carbocycles. The fourth-order valence-corrected chi connectivity index (χ4v) is 5.62. The second-order valence-electron chi connectivity index (χ2n) is 10.6. The van der Waals surface area contributed by atoms with Gasteiger partial charge in [0.05, 0.1) is 0 Å². The van der Waals surface area contributed by atoms with Gasteiger partial charge in [-0.3, -0.25) is 9.59 Å². The van der Waals surface area contributed by atoms with Crippen molar-refractivity contribution in [1.29, 1.82) is 0 Å². The summed E-state index contributed by atoms with van der Waals surface area (Å²) < 4.78 is 25.0. The van der Waals surface area contributed by atoms with Crippen LogP contribution >= 0.6 is 0 Å². The van der Waals surface area contributed by atoms with E-state index in [2.05, 4.69) is 10.3 Å². The van der Waals surface area contributed by atoms with Crippen molar-refractivity contribution in [2.24, 2.45) is 0 Å². The Morgan fingerprint density at radius 1 is 0.902 bits per heavy atom. The monoisotopic (exact) mass is 553 g/mol. The summed E-state index contributed by atoms with van der Waals surface area (Å²) in [5.41, 5.74) is 3.39. The number of halogens is 1. The number of hydrogen-bond donors (Lipinski definition) is 2. The average Bonchev–Trinajstić information content (AvgIpc) is 3.69. The maximum Gasteiger partial charge on any atom is 0.271 e. The Morgan fingerprint density at radius 2 is 1.66 bits per heavy atom. The maximum absolute atomic E-state index is 14.3. The van der Waals surface area contributed by atoms with Crippen LogP contribution in [0.4, 0.5) is 4.39 Å². The number of aromatic amines is 1. The molecule has 0 unspecified atom stereocenters. The number of hydrogen-bond acceptors (Lipinski definition) is 4. The minimum Gasteiger partial charge on any atom is -0.454 e. The zero-order valence-corrected chi connectivity index (χ0v) is 22.6. The lowest BCUT2D eigenvalue weighted by molar-refractivity contribution is -0.127. The molecular weight excluding hydrogens is 521 g/mol. The molecule has 2 N–H and O–H groups in total. The number of rotatable bonds is 8. The van der Waals surface area contributed by atoms with Gasteiger partial charge in [-0.2, -0.15) is 0 Å². The highest BCUT2D eigenvalue weighted by molar-refractivity contribution is 5.97. The van der Waals surface area contributed by atoms with Crippen LogP contribution in [-0.2, 0) is 11.3 Å². The minimum absolute atomic E-state index is 0.0388. The third-order valence-electron chi connectivity index (χ3n) is 7.75. The highest BCUT2D eigenvalue weighted by atomic mass is 19.1. The molecular formula is C33H32FN3O4. The van der Waals surface area contributed by atoms with Crippen LogP contribution in [-0.4, -0.2) is 34.5 Å². The van der Waals surface area contributed by atoms with E-state index in [1.54, 1.807) is 29.2 Å². The summed E-state index contributed by atoms with van der Waals surface area (Å²) in [7, 11) is 0. The van der Waals surface area contributed by atoms with Gasteiger partial charge in [0.25, 0.3) is 5.91 Å². The van der Waals surface area contributed by atoms with Crippen molar-refractivity contribution >= 4 is 11.8 Å². The number of nitrogens with zero attached hydrogens (tertiary/aromatic N) is 1. The maximum atomic E-state index is 14.3. The molecule has 0 bridgehead atoms. The van der Waals surface area contributed by atoms with Crippen LogP contribution in [0, 0.1) is 5.82 Å². The molecule has 7 nitrogen and oxygen atoms in total. The Labute approximate surface area is 238 Å². The summed E-state index contributed by atoms with van der Waals surface area (Å²) >= 11 is 0. The summed E-state index contributed by atoms with van der Waals surface area (Å²) in [5, 5.41) is 3.20. The zero-order chi connectivity index (χ0) is 28.2. The van der Waals surface area contributed by atoms with Crippen molar-refractivity contribution < 1.29 is 23.5 Å². The molecule has 41 heavy (non-hydrogen) atoms. The number of ether oxygens (including phenoxy) is 2. The van der Waals surface area contributed by atoms with Crippen LogP contribution in [0.5, 0.6) is 11.5 Å². The van der Waals surface area contributed by atoms with E-state index in [0.29, 0.717) is 22.8 Å². The lowest BCUT2D eigenvalue weighted by Gasteiger charge is -2.33. The zero-order valence-electron chi connectivity index (χ0n) is 22.6. The van der Waals surface area contributed by atoms with E-state index in [4.69, 9.17) is 9.47 Å². The molecule has 210 valence electrons. The number of amides is 2. The number of H-pyrrole nitrogens is 1. The summed E-state index contributed by atoms with van der Waals surface area (Å²) in [5.74, 6) is 0.177. The average molecular weight is 554 g/mol. The van der Waals surface area contributed by atoms with E-state index in [1.807, 2.05) is 48.5 Å². The van der Waals surface area contributed by atoms with Gasteiger partial charge in [0.15, 0.2) is 11.5 Å². The Balaban J connectivity index is 1.38. The van der Waals surface area contributed by atoms with Crippen molar-refractivity contribution in [2.45, 2.75) is 50.7 Å². The first-order valence-electron chi connectivity index (χ1n) is 14.0. The molecule has 1 aliphatic carbocycles. The first kappa shape index (κ1) is 26.6. The van der Waals surface area contributed by atoms with Crippen molar-refractivity contribution in [2.75, 3.05) is 6.79 Å². The molecule has 0 saturated heterocycles. The SMILES string of the molecule is O=C(NC1CCCCC1)[C@@H](c1ccc(F)cc1)N(Cc1ccc2c(c1)OCO2)C(=O)c1ccc(-c2ccccc2)[nH]1. The predicted octanol–water partition coefficient (Wildman–Crippen LogP) is 6.38. The van der Waals surface area contributed by atoms with Crippen molar-refractivity contribution in [1.82, 2.24) is 15.2 Å². The molecule has 0 spiro atoms. The summed E-state index contributed by atoms with van der Waals surface area (Å²) in [6.07, 6.45) is 5.05. The number of carbonyl (C=O) groups excluding carboxylic acids is 2. The Bertz CT molecular complexity index is 1510. The predicted molar refractivity (Wildman–Crippen MR) is 153 cm³/mol. The number of nitrogens with one attached hydrogen (secondary N) is 2. The Morgan fingerprint density at radius 3 is 2.44 bits per heavy atom. The van der Waals surface area contributed by atoms with Gasteiger partial charge in [-0.1, -0.05) is 67.8 Å². The molecule has 0 radical (unpaired) electrons. The second kappa shape index (κ2) is 11.9. The number of aromatic nitrogens is 1. The van der Waals surface area contributed by atoms with Crippen LogP contribution in [0.2, 0.25) is 0 Å². The van der Waals surface area contributed by atoms with Gasteiger partial charge >= 0.3 is 0 Å². The molecule has 2 heterocycles. The summed E-state index contributed by atoms with van der Waals surface area (Å²) in [6.45, 7) is 0.253. The standard InChI is InChI=1S/C33H32FN3O4/c34-25-14-12-24(13-15-25)31(32(38)35-26-9-5-2-6-10-26)37(20-22-11-18-29-30(19-22)41-21-40-29)33(39)28-17-16-27(36-28)23-7-3-1-4-8-23/h1,3-4,7-8,11-19,26,31,36H,2,5-6,9-10,20-21H2,(H,35,38)/t31-/m1/s1. The van der Waals surface area contributed by atoms with Gasteiger partial charge in [0.2, 0.25) is 12.7 Å². The molecule has 1 atom stereocenters. The largest absolute Gasteiger partial charge is 0.454 e. The van der Waals surface area contributed by atoms with E-state index in [0.717, 1.165) is 48.9 Å². The molecule has 4 aromatic rings. The Kier molecular flexibility index (Phi) is 7.71. The van der Waals surface area contributed by atoms with E-state index < -0.39 is 11.9 Å². The van der Waals surface area contributed by atoms with Crippen LogP contribution in [0.25, 0.3) is 11.3 Å². The molecule has 1 aliphatic heterocycles. The van der Waals surface area contributed by atoms with Crippen molar-refractivity contribution in [3.63, 3.8) is 0 Å². The highest BCUT2D eigenvalue weighted by Crippen LogP contribution is 2.34. The summed E-state index contributed by atoms with van der Waals surface area (Å²) in [4.78, 5) is 33.1. The normalized spacial score (nSPS) is 15.3. The molecule has 1 aromatic heterocycles. The molecule has 1 fully saturated rings. The third kappa shape index (κ3) is 5.96. The fourth-order valence-electron chi connectivity index (χ4n) is 5.62. The summed E-state index contributed by atoms with van der Waals surface area (Å²) in [6, 6.07) is 23.6. The van der Waals surface area contributed by atoms with Crippen LogP contribution in [0.15, 0.2) is 84.9 Å². The third-order valence-corrected chi connectivity index (χ3v) is 7.75.